The zero-order valence-corrected chi connectivity index (χ0v) is 13.1. The molecule has 116 valence electrons. The van der Waals surface area contributed by atoms with E-state index < -0.39 is 10.0 Å². The van der Waals surface area contributed by atoms with Crippen molar-refractivity contribution in [3.05, 3.63) is 29.8 Å². The maximum atomic E-state index is 12.2. The van der Waals surface area contributed by atoms with Crippen molar-refractivity contribution < 1.29 is 13.2 Å². The first-order valence-corrected chi connectivity index (χ1v) is 8.86. The standard InChI is InChI=1S/C15H22N2O3S/c1-16-21(19,20)14-10-8-12(9-11-14)15(18)17-13-6-4-2-3-5-7-13/h8-11,13,16H,2-7H2,1H3,(H,17,18). The van der Waals surface area contributed by atoms with Crippen LogP contribution in [0.25, 0.3) is 0 Å². The highest BCUT2D eigenvalue weighted by molar-refractivity contribution is 7.89. The lowest BCUT2D eigenvalue weighted by molar-refractivity contribution is 0.0933. The molecule has 2 N–H and O–H groups in total. The molecule has 1 aromatic rings. The van der Waals surface area contributed by atoms with Gasteiger partial charge in [0.15, 0.2) is 0 Å². The predicted octanol–water partition coefficient (Wildman–Crippen LogP) is 2.05. The van der Waals surface area contributed by atoms with Crippen molar-refractivity contribution in [3.63, 3.8) is 0 Å². The van der Waals surface area contributed by atoms with Gasteiger partial charge in [-0.1, -0.05) is 25.7 Å². The lowest BCUT2D eigenvalue weighted by Gasteiger charge is -2.16. The van der Waals surface area contributed by atoms with Gasteiger partial charge in [-0.05, 0) is 44.2 Å². The molecule has 0 aromatic heterocycles. The molecule has 0 unspecified atom stereocenters. The summed E-state index contributed by atoms with van der Waals surface area (Å²) in [6.45, 7) is 0. The van der Waals surface area contributed by atoms with Crippen LogP contribution in [0.4, 0.5) is 0 Å². The highest BCUT2D eigenvalue weighted by Crippen LogP contribution is 2.18. The lowest BCUT2D eigenvalue weighted by atomic mass is 10.1. The molecule has 6 heteroatoms. The van der Waals surface area contributed by atoms with Gasteiger partial charge in [-0.15, -0.1) is 0 Å². The quantitative estimate of drug-likeness (QED) is 0.836. The van der Waals surface area contributed by atoms with Gasteiger partial charge in [-0.2, -0.15) is 0 Å². The molecule has 0 bridgehead atoms. The second-order valence-corrected chi connectivity index (χ2v) is 7.28. The van der Waals surface area contributed by atoms with E-state index in [1.165, 1.54) is 32.0 Å². The minimum atomic E-state index is -3.45. The first-order valence-electron chi connectivity index (χ1n) is 7.37. The first-order chi connectivity index (χ1) is 10.0. The van der Waals surface area contributed by atoms with Gasteiger partial charge in [-0.3, -0.25) is 4.79 Å². The second-order valence-electron chi connectivity index (χ2n) is 5.39. The van der Waals surface area contributed by atoms with E-state index in [4.69, 9.17) is 0 Å². The van der Waals surface area contributed by atoms with Crippen molar-refractivity contribution in [1.29, 1.82) is 0 Å². The zero-order chi connectivity index (χ0) is 15.3. The van der Waals surface area contributed by atoms with E-state index >= 15 is 0 Å². The molecule has 1 amide bonds. The Bertz CT molecular complexity index is 573. The largest absolute Gasteiger partial charge is 0.349 e. The number of hydrogen-bond donors (Lipinski definition) is 2. The van der Waals surface area contributed by atoms with E-state index in [9.17, 15) is 13.2 Å². The van der Waals surface area contributed by atoms with Crippen LogP contribution in [0, 0.1) is 0 Å². The Labute approximate surface area is 126 Å². The first kappa shape index (κ1) is 16.0. The lowest BCUT2D eigenvalue weighted by Crippen LogP contribution is -2.34. The summed E-state index contributed by atoms with van der Waals surface area (Å²) in [5.74, 6) is -0.129. The van der Waals surface area contributed by atoms with E-state index in [1.54, 1.807) is 12.1 Å². The van der Waals surface area contributed by atoms with Crippen molar-refractivity contribution in [2.45, 2.75) is 49.5 Å². The van der Waals surface area contributed by atoms with Gasteiger partial charge in [-0.25, -0.2) is 13.1 Å². The summed E-state index contributed by atoms with van der Waals surface area (Å²) in [6, 6.07) is 6.24. The van der Waals surface area contributed by atoms with Crippen LogP contribution in [0.15, 0.2) is 29.2 Å². The molecule has 0 heterocycles. The fourth-order valence-corrected chi connectivity index (χ4v) is 3.33. The summed E-state index contributed by atoms with van der Waals surface area (Å²) in [5.41, 5.74) is 0.495. The summed E-state index contributed by atoms with van der Waals surface area (Å²) in [6.07, 6.45) is 6.84. The van der Waals surface area contributed by atoms with Crippen LogP contribution in [-0.4, -0.2) is 27.4 Å². The van der Waals surface area contributed by atoms with E-state index in [1.807, 2.05) is 0 Å². The number of nitrogens with one attached hydrogen (secondary N) is 2. The summed E-state index contributed by atoms with van der Waals surface area (Å²) in [4.78, 5) is 12.3. The SMILES string of the molecule is CNS(=O)(=O)c1ccc(C(=O)NC2CCCCCC2)cc1. The molecule has 21 heavy (non-hydrogen) atoms. The molecule has 1 saturated carbocycles. The number of rotatable bonds is 4. The maximum absolute atomic E-state index is 12.2. The summed E-state index contributed by atoms with van der Waals surface area (Å²) in [7, 11) is -2.09. The average molecular weight is 310 g/mol. The number of carbonyl (C=O) groups excluding carboxylic acids is 1. The third kappa shape index (κ3) is 4.28. The summed E-state index contributed by atoms with van der Waals surface area (Å²) in [5, 5.41) is 3.04. The highest BCUT2D eigenvalue weighted by atomic mass is 32.2. The number of amides is 1. The van der Waals surface area contributed by atoms with Gasteiger partial charge in [0.25, 0.3) is 5.91 Å². The van der Waals surface area contributed by atoms with Gasteiger partial charge in [0, 0.05) is 11.6 Å². The molecule has 1 fully saturated rings. The van der Waals surface area contributed by atoms with Crippen LogP contribution in [0.5, 0.6) is 0 Å². The van der Waals surface area contributed by atoms with Crippen LogP contribution in [0.3, 0.4) is 0 Å². The van der Waals surface area contributed by atoms with Crippen molar-refractivity contribution in [2.75, 3.05) is 7.05 Å². The minimum absolute atomic E-state index is 0.129. The number of sulfonamides is 1. The fourth-order valence-electron chi connectivity index (χ4n) is 2.60. The predicted molar refractivity (Wildman–Crippen MR) is 81.6 cm³/mol. The Morgan fingerprint density at radius 1 is 1.05 bits per heavy atom. The molecular weight excluding hydrogens is 288 g/mol. The van der Waals surface area contributed by atoms with E-state index in [0.717, 1.165) is 25.7 Å². The van der Waals surface area contributed by atoms with Crippen molar-refractivity contribution in [3.8, 4) is 0 Å². The molecule has 0 atom stereocenters. The van der Waals surface area contributed by atoms with Gasteiger partial charge in [0.1, 0.15) is 0 Å². The van der Waals surface area contributed by atoms with E-state index in [-0.39, 0.29) is 16.8 Å². The third-order valence-corrected chi connectivity index (χ3v) is 5.32. The normalized spacial score (nSPS) is 17.2. The molecule has 0 spiro atoms. The summed E-state index contributed by atoms with van der Waals surface area (Å²) >= 11 is 0. The van der Waals surface area contributed by atoms with Crippen molar-refractivity contribution in [2.24, 2.45) is 0 Å². The van der Waals surface area contributed by atoms with Crippen LogP contribution >= 0.6 is 0 Å². The molecule has 0 radical (unpaired) electrons. The number of benzene rings is 1. The Morgan fingerprint density at radius 2 is 1.62 bits per heavy atom. The molecule has 5 nitrogen and oxygen atoms in total. The van der Waals surface area contributed by atoms with Gasteiger partial charge >= 0.3 is 0 Å². The van der Waals surface area contributed by atoms with Crippen LogP contribution < -0.4 is 10.0 Å². The number of hydrogen-bond acceptors (Lipinski definition) is 3. The molecule has 2 rings (SSSR count). The monoisotopic (exact) mass is 310 g/mol. The number of carbonyl (C=O) groups is 1. The van der Waals surface area contributed by atoms with Crippen LogP contribution in [-0.2, 0) is 10.0 Å². The summed E-state index contributed by atoms with van der Waals surface area (Å²) < 4.78 is 25.5. The Balaban J connectivity index is 2.02. The fraction of sp³-hybridized carbons (Fsp3) is 0.533. The topological polar surface area (TPSA) is 75.3 Å². The van der Waals surface area contributed by atoms with Crippen molar-refractivity contribution in [1.82, 2.24) is 10.0 Å². The molecule has 1 aromatic carbocycles. The minimum Gasteiger partial charge on any atom is -0.349 e. The van der Waals surface area contributed by atoms with Crippen LogP contribution in [0.2, 0.25) is 0 Å². The van der Waals surface area contributed by atoms with E-state index in [0.29, 0.717) is 5.56 Å². The molecular formula is C15H22N2O3S. The molecule has 1 aliphatic carbocycles. The Hall–Kier alpha value is -1.40. The van der Waals surface area contributed by atoms with Gasteiger partial charge < -0.3 is 5.32 Å². The second kappa shape index (κ2) is 7.04. The van der Waals surface area contributed by atoms with Gasteiger partial charge in [0.2, 0.25) is 10.0 Å². The third-order valence-electron chi connectivity index (χ3n) is 3.89. The molecule has 0 aliphatic heterocycles. The van der Waals surface area contributed by atoms with Crippen molar-refractivity contribution >= 4 is 15.9 Å². The zero-order valence-electron chi connectivity index (χ0n) is 12.3. The molecule has 1 aliphatic rings. The highest BCUT2D eigenvalue weighted by Gasteiger charge is 2.17. The van der Waals surface area contributed by atoms with E-state index in [2.05, 4.69) is 10.0 Å². The Morgan fingerprint density at radius 3 is 2.14 bits per heavy atom. The molecule has 0 saturated heterocycles. The Kier molecular flexibility index (Phi) is 5.36. The van der Waals surface area contributed by atoms with Gasteiger partial charge in [0.05, 0.1) is 4.90 Å². The average Bonchev–Trinajstić information content (AvgIpc) is 2.76. The maximum Gasteiger partial charge on any atom is 0.251 e. The smallest absolute Gasteiger partial charge is 0.251 e. The van der Waals surface area contributed by atoms with Crippen LogP contribution in [0.1, 0.15) is 48.9 Å².